The number of nitrogens with zero attached hydrogens (tertiary/aromatic N) is 2. The van der Waals surface area contributed by atoms with Gasteiger partial charge in [-0.2, -0.15) is 0 Å². The number of aromatic nitrogens is 1. The van der Waals surface area contributed by atoms with Gasteiger partial charge in [-0.25, -0.2) is 4.98 Å². The summed E-state index contributed by atoms with van der Waals surface area (Å²) < 4.78 is 0. The zero-order valence-corrected chi connectivity index (χ0v) is 15.2. The highest BCUT2D eigenvalue weighted by atomic mass is 32.1. The van der Waals surface area contributed by atoms with Gasteiger partial charge in [0.05, 0.1) is 12.2 Å². The standard InChI is InChI=1S/C19H22N4OS/c1-3-4-9-21-10-8-14(2)15-6-5-7-16(11-15)17-13-25-19(22-17)23-18(24)12-20/h4-11,13H,3,12,20H2,1-2H3,(H,22,23,24)/b9-4+,14-8+,21-10-. The monoisotopic (exact) mass is 354 g/mol. The summed E-state index contributed by atoms with van der Waals surface area (Å²) in [6.45, 7) is 4.07. The molecule has 0 aliphatic carbocycles. The van der Waals surface area contributed by atoms with Gasteiger partial charge in [0.15, 0.2) is 5.13 Å². The molecule has 1 amide bonds. The highest BCUT2D eigenvalue weighted by Crippen LogP contribution is 2.27. The largest absolute Gasteiger partial charge is 0.322 e. The van der Waals surface area contributed by atoms with Crippen molar-refractivity contribution in [3.8, 4) is 11.3 Å². The predicted octanol–water partition coefficient (Wildman–Crippen LogP) is 4.11. The molecule has 0 saturated heterocycles. The lowest BCUT2D eigenvalue weighted by Gasteiger charge is -2.03. The number of amides is 1. The molecular weight excluding hydrogens is 332 g/mol. The molecule has 0 aliphatic rings. The van der Waals surface area contributed by atoms with Crippen LogP contribution in [0.2, 0.25) is 0 Å². The number of benzene rings is 1. The van der Waals surface area contributed by atoms with Gasteiger partial charge in [-0.05, 0) is 36.6 Å². The van der Waals surface area contributed by atoms with E-state index in [0.717, 1.165) is 28.8 Å². The smallest absolute Gasteiger partial charge is 0.239 e. The summed E-state index contributed by atoms with van der Waals surface area (Å²) in [6.07, 6.45) is 8.55. The quantitative estimate of drug-likeness (QED) is 0.734. The molecule has 2 aromatic rings. The molecule has 0 unspecified atom stereocenters. The van der Waals surface area contributed by atoms with Crippen molar-refractivity contribution in [3.05, 3.63) is 53.6 Å². The van der Waals surface area contributed by atoms with Crippen LogP contribution in [0.5, 0.6) is 0 Å². The number of carbonyl (C=O) groups is 1. The summed E-state index contributed by atoms with van der Waals surface area (Å²) in [4.78, 5) is 20.0. The third-order valence-electron chi connectivity index (χ3n) is 3.39. The van der Waals surface area contributed by atoms with Crippen LogP contribution in [0.4, 0.5) is 5.13 Å². The number of anilines is 1. The van der Waals surface area contributed by atoms with Crippen molar-refractivity contribution in [2.24, 2.45) is 10.7 Å². The van der Waals surface area contributed by atoms with E-state index in [1.165, 1.54) is 11.3 Å². The molecule has 5 nitrogen and oxygen atoms in total. The van der Waals surface area contributed by atoms with Crippen LogP contribution in [0.1, 0.15) is 25.8 Å². The third kappa shape index (κ3) is 5.77. The van der Waals surface area contributed by atoms with Gasteiger partial charge in [0.25, 0.3) is 0 Å². The lowest BCUT2D eigenvalue weighted by Crippen LogP contribution is -2.21. The third-order valence-corrected chi connectivity index (χ3v) is 4.15. The van der Waals surface area contributed by atoms with E-state index in [9.17, 15) is 4.79 Å². The Kier molecular flexibility index (Phi) is 7.25. The Hall–Kier alpha value is -2.57. The Morgan fingerprint density at radius 3 is 3.04 bits per heavy atom. The molecule has 6 heteroatoms. The molecule has 0 radical (unpaired) electrons. The minimum absolute atomic E-state index is 0.0522. The summed E-state index contributed by atoms with van der Waals surface area (Å²) >= 11 is 1.38. The Morgan fingerprint density at radius 1 is 1.44 bits per heavy atom. The van der Waals surface area contributed by atoms with E-state index in [1.54, 1.807) is 12.4 Å². The number of carbonyl (C=O) groups excluding carboxylic acids is 1. The SMILES string of the molecule is CC/C=C/N=C\C=C(/C)c1cccc(-c2csc(NC(=O)CN)n2)c1. The summed E-state index contributed by atoms with van der Waals surface area (Å²) in [5.41, 5.74) is 9.34. The van der Waals surface area contributed by atoms with Crippen LogP contribution in [0.3, 0.4) is 0 Å². The first-order chi connectivity index (χ1) is 12.1. The molecule has 1 aromatic carbocycles. The number of hydrogen-bond donors (Lipinski definition) is 2. The van der Waals surface area contributed by atoms with E-state index in [2.05, 4.69) is 34.3 Å². The van der Waals surface area contributed by atoms with Crippen molar-refractivity contribution in [1.29, 1.82) is 0 Å². The zero-order valence-electron chi connectivity index (χ0n) is 14.4. The number of nitrogens with one attached hydrogen (secondary N) is 1. The van der Waals surface area contributed by atoms with Gasteiger partial charge in [0.2, 0.25) is 5.91 Å². The first-order valence-corrected chi connectivity index (χ1v) is 8.93. The maximum Gasteiger partial charge on any atom is 0.239 e. The van der Waals surface area contributed by atoms with Crippen LogP contribution in [0, 0.1) is 0 Å². The minimum Gasteiger partial charge on any atom is -0.322 e. The number of hydrogen-bond acceptors (Lipinski definition) is 5. The molecule has 1 heterocycles. The van der Waals surface area contributed by atoms with E-state index in [0.29, 0.717) is 5.13 Å². The molecule has 0 aliphatic heterocycles. The number of rotatable bonds is 7. The Balaban J connectivity index is 2.15. The minimum atomic E-state index is -0.246. The molecule has 1 aromatic heterocycles. The molecule has 0 spiro atoms. The van der Waals surface area contributed by atoms with Crippen molar-refractivity contribution < 1.29 is 4.79 Å². The second kappa shape index (κ2) is 9.66. The molecular formula is C19H22N4OS. The van der Waals surface area contributed by atoms with E-state index >= 15 is 0 Å². The number of aliphatic imine (C=N–C) groups is 1. The van der Waals surface area contributed by atoms with Crippen molar-refractivity contribution in [2.75, 3.05) is 11.9 Å². The van der Waals surface area contributed by atoms with Crippen LogP contribution in [-0.2, 0) is 4.79 Å². The van der Waals surface area contributed by atoms with E-state index in [1.807, 2.05) is 36.6 Å². The van der Waals surface area contributed by atoms with Crippen molar-refractivity contribution in [1.82, 2.24) is 4.98 Å². The molecule has 0 saturated carbocycles. The molecule has 0 bridgehead atoms. The average molecular weight is 354 g/mol. The highest BCUT2D eigenvalue weighted by molar-refractivity contribution is 7.14. The van der Waals surface area contributed by atoms with Gasteiger partial charge in [0, 0.05) is 23.4 Å². The van der Waals surface area contributed by atoms with Crippen LogP contribution < -0.4 is 11.1 Å². The van der Waals surface area contributed by atoms with Gasteiger partial charge in [-0.3, -0.25) is 9.79 Å². The van der Waals surface area contributed by atoms with Crippen molar-refractivity contribution in [2.45, 2.75) is 20.3 Å². The first kappa shape index (κ1) is 18.8. The molecule has 3 N–H and O–H groups in total. The highest BCUT2D eigenvalue weighted by Gasteiger charge is 2.07. The Morgan fingerprint density at radius 2 is 2.28 bits per heavy atom. The topological polar surface area (TPSA) is 80.4 Å². The molecule has 0 atom stereocenters. The average Bonchev–Trinajstić information content (AvgIpc) is 3.10. The first-order valence-electron chi connectivity index (χ1n) is 8.05. The second-order valence-corrected chi connectivity index (χ2v) is 6.17. The number of allylic oxidation sites excluding steroid dienone is 3. The second-order valence-electron chi connectivity index (χ2n) is 5.31. The van der Waals surface area contributed by atoms with Gasteiger partial charge >= 0.3 is 0 Å². The normalized spacial score (nSPS) is 12.2. The van der Waals surface area contributed by atoms with Gasteiger partial charge in [0.1, 0.15) is 0 Å². The molecule has 2 rings (SSSR count). The van der Waals surface area contributed by atoms with Crippen molar-refractivity contribution >= 4 is 34.2 Å². The lowest BCUT2D eigenvalue weighted by molar-refractivity contribution is -0.114. The predicted molar refractivity (Wildman–Crippen MR) is 107 cm³/mol. The maximum absolute atomic E-state index is 11.3. The van der Waals surface area contributed by atoms with Crippen LogP contribution in [0.25, 0.3) is 16.8 Å². The van der Waals surface area contributed by atoms with E-state index < -0.39 is 0 Å². The van der Waals surface area contributed by atoms with Gasteiger partial charge in [-0.1, -0.05) is 31.2 Å². The van der Waals surface area contributed by atoms with E-state index in [4.69, 9.17) is 5.73 Å². The fourth-order valence-electron chi connectivity index (χ4n) is 2.02. The molecule has 130 valence electrons. The molecule has 25 heavy (non-hydrogen) atoms. The summed E-state index contributed by atoms with van der Waals surface area (Å²) in [7, 11) is 0. The number of thiazole rings is 1. The van der Waals surface area contributed by atoms with E-state index in [-0.39, 0.29) is 12.5 Å². The van der Waals surface area contributed by atoms with Crippen molar-refractivity contribution in [3.63, 3.8) is 0 Å². The maximum atomic E-state index is 11.3. The zero-order chi connectivity index (χ0) is 18.1. The summed E-state index contributed by atoms with van der Waals surface area (Å²) in [5.74, 6) is -0.246. The summed E-state index contributed by atoms with van der Waals surface area (Å²) in [5, 5.41) is 5.14. The van der Waals surface area contributed by atoms with Crippen LogP contribution >= 0.6 is 11.3 Å². The Labute approximate surface area is 152 Å². The lowest BCUT2D eigenvalue weighted by atomic mass is 10.0. The van der Waals surface area contributed by atoms with Crippen LogP contribution in [-0.4, -0.2) is 23.7 Å². The number of nitrogens with two attached hydrogens (primary N) is 1. The van der Waals surface area contributed by atoms with Gasteiger partial charge in [-0.15, -0.1) is 11.3 Å². The Bertz CT molecular complexity index is 805. The van der Waals surface area contributed by atoms with Gasteiger partial charge < -0.3 is 11.1 Å². The fraction of sp³-hybridized carbons (Fsp3) is 0.211. The molecule has 0 fully saturated rings. The summed E-state index contributed by atoms with van der Waals surface area (Å²) in [6, 6.07) is 8.12. The van der Waals surface area contributed by atoms with Crippen LogP contribution in [0.15, 0.2) is 53.0 Å². The fourth-order valence-corrected chi connectivity index (χ4v) is 2.76.